The zero-order valence-electron chi connectivity index (χ0n) is 9.26. The summed E-state index contributed by atoms with van der Waals surface area (Å²) in [4.78, 5) is 14.4. The van der Waals surface area contributed by atoms with Crippen molar-refractivity contribution in [3.05, 3.63) is 28.8 Å². The number of rotatable bonds is 3. The number of nitrogens with one attached hydrogen (secondary N) is 1. The zero-order chi connectivity index (χ0) is 13.3. The van der Waals surface area contributed by atoms with E-state index in [1.807, 2.05) is 0 Å². The van der Waals surface area contributed by atoms with Gasteiger partial charge >= 0.3 is 0 Å². The van der Waals surface area contributed by atoms with Crippen LogP contribution in [-0.4, -0.2) is 37.5 Å². The predicted molar refractivity (Wildman–Crippen MR) is 64.1 cm³/mol. The summed E-state index contributed by atoms with van der Waals surface area (Å²) in [7, 11) is -4.10. The van der Waals surface area contributed by atoms with Crippen LogP contribution in [0.2, 0.25) is 5.02 Å². The molecule has 2 N–H and O–H groups in total. The summed E-state index contributed by atoms with van der Waals surface area (Å²) in [5, 5.41) is 8.52. The van der Waals surface area contributed by atoms with Crippen LogP contribution in [0, 0.1) is 0 Å². The molecule has 6 nitrogen and oxygen atoms in total. The Morgan fingerprint density at radius 2 is 2.06 bits per heavy atom. The number of likely N-dealkylation sites (tertiary alicyclic amines) is 1. The van der Waals surface area contributed by atoms with Crippen molar-refractivity contribution in [3.63, 3.8) is 0 Å². The number of benzene rings is 1. The predicted octanol–water partition coefficient (Wildman–Crippen LogP) is 0.853. The number of sulfonamides is 1. The molecular formula is C10H11ClN2O4S. The third kappa shape index (κ3) is 2.35. The molecule has 0 unspecified atom stereocenters. The van der Waals surface area contributed by atoms with Crippen LogP contribution in [0.3, 0.4) is 0 Å². The molecule has 0 spiro atoms. The van der Waals surface area contributed by atoms with Crippen LogP contribution >= 0.6 is 11.6 Å². The summed E-state index contributed by atoms with van der Waals surface area (Å²) < 4.78 is 23.0. The molecule has 1 aliphatic rings. The van der Waals surface area contributed by atoms with Crippen molar-refractivity contribution in [1.82, 2.24) is 9.79 Å². The number of nitrogens with zero attached hydrogens (tertiary/aromatic N) is 1. The SMILES string of the molecule is O=C(c1ccc(Cl)c(S(=O)(=O)NO)c1)N1CCC1. The summed E-state index contributed by atoms with van der Waals surface area (Å²) in [5.41, 5.74) is 0.230. The van der Waals surface area contributed by atoms with E-state index in [0.717, 1.165) is 12.5 Å². The standard InChI is InChI=1S/C10H11ClN2O4S/c11-8-3-2-7(10(14)13-4-1-5-13)6-9(8)18(16,17)12-15/h2-3,6,12,15H,1,4-5H2. The van der Waals surface area contributed by atoms with Crippen molar-refractivity contribution >= 4 is 27.5 Å². The molecule has 1 heterocycles. The van der Waals surface area contributed by atoms with Crippen LogP contribution in [-0.2, 0) is 10.0 Å². The average Bonchev–Trinajstić information content (AvgIpc) is 2.27. The smallest absolute Gasteiger partial charge is 0.263 e. The second kappa shape index (κ2) is 4.85. The molecule has 98 valence electrons. The van der Waals surface area contributed by atoms with E-state index in [4.69, 9.17) is 16.8 Å². The Morgan fingerprint density at radius 1 is 1.39 bits per heavy atom. The molecule has 0 aliphatic carbocycles. The van der Waals surface area contributed by atoms with Crippen LogP contribution in [0.4, 0.5) is 0 Å². The van der Waals surface area contributed by atoms with Gasteiger partial charge in [-0.3, -0.25) is 4.79 Å². The molecule has 1 fully saturated rings. The van der Waals surface area contributed by atoms with Gasteiger partial charge in [0.05, 0.1) is 5.02 Å². The largest absolute Gasteiger partial charge is 0.339 e. The molecule has 0 saturated carbocycles. The van der Waals surface area contributed by atoms with Gasteiger partial charge in [0.15, 0.2) is 0 Å². The van der Waals surface area contributed by atoms with E-state index in [0.29, 0.717) is 13.1 Å². The third-order valence-electron chi connectivity index (χ3n) is 2.73. The lowest BCUT2D eigenvalue weighted by Gasteiger charge is -2.31. The molecule has 1 aliphatic heterocycles. The minimum Gasteiger partial charge on any atom is -0.339 e. The van der Waals surface area contributed by atoms with E-state index < -0.39 is 10.0 Å². The lowest BCUT2D eigenvalue weighted by Crippen LogP contribution is -2.42. The minimum atomic E-state index is -4.10. The van der Waals surface area contributed by atoms with Gasteiger partial charge in [-0.2, -0.15) is 0 Å². The second-order valence-corrected chi connectivity index (χ2v) is 5.92. The van der Waals surface area contributed by atoms with Gasteiger partial charge in [0, 0.05) is 18.7 Å². The Bertz CT molecular complexity index is 584. The van der Waals surface area contributed by atoms with Gasteiger partial charge in [-0.15, -0.1) is 0 Å². The first-order chi connectivity index (χ1) is 8.45. The fraction of sp³-hybridized carbons (Fsp3) is 0.300. The Hall–Kier alpha value is -1.15. The van der Waals surface area contributed by atoms with Crippen LogP contribution in [0.5, 0.6) is 0 Å². The maximum atomic E-state index is 11.9. The van der Waals surface area contributed by atoms with Crippen LogP contribution in [0.1, 0.15) is 16.8 Å². The highest BCUT2D eigenvalue weighted by atomic mass is 35.5. The highest BCUT2D eigenvalue weighted by Crippen LogP contribution is 2.23. The van der Waals surface area contributed by atoms with Gasteiger partial charge in [-0.1, -0.05) is 16.5 Å². The summed E-state index contributed by atoms with van der Waals surface area (Å²) in [6, 6.07) is 3.93. The summed E-state index contributed by atoms with van der Waals surface area (Å²) in [6.45, 7) is 1.34. The van der Waals surface area contributed by atoms with E-state index >= 15 is 0 Å². The van der Waals surface area contributed by atoms with E-state index in [1.54, 1.807) is 4.90 Å². The number of halogens is 1. The lowest BCUT2D eigenvalue weighted by molar-refractivity contribution is 0.0651. The monoisotopic (exact) mass is 290 g/mol. The summed E-state index contributed by atoms with van der Waals surface area (Å²) in [6.07, 6.45) is 0.947. The highest BCUT2D eigenvalue weighted by molar-refractivity contribution is 7.89. The average molecular weight is 291 g/mol. The Balaban J connectivity index is 2.40. The third-order valence-corrected chi connectivity index (χ3v) is 4.33. The summed E-state index contributed by atoms with van der Waals surface area (Å²) in [5.74, 6) is -0.243. The molecule has 0 bridgehead atoms. The molecule has 2 rings (SSSR count). The second-order valence-electron chi connectivity index (χ2n) is 3.89. The van der Waals surface area contributed by atoms with Crippen molar-refractivity contribution in [2.24, 2.45) is 0 Å². The Morgan fingerprint density at radius 3 is 2.56 bits per heavy atom. The van der Waals surface area contributed by atoms with Gasteiger partial charge in [0.25, 0.3) is 15.9 Å². The first kappa shape index (κ1) is 13.3. The molecule has 0 aromatic heterocycles. The number of hydrogen-bond donors (Lipinski definition) is 2. The topological polar surface area (TPSA) is 86.7 Å². The molecule has 1 amide bonds. The van der Waals surface area contributed by atoms with Crippen molar-refractivity contribution < 1.29 is 18.4 Å². The van der Waals surface area contributed by atoms with Crippen molar-refractivity contribution in [2.45, 2.75) is 11.3 Å². The number of hydrogen-bond acceptors (Lipinski definition) is 4. The van der Waals surface area contributed by atoms with Crippen molar-refractivity contribution in [2.75, 3.05) is 13.1 Å². The molecule has 0 radical (unpaired) electrons. The lowest BCUT2D eigenvalue weighted by atomic mass is 10.1. The van der Waals surface area contributed by atoms with Gasteiger partial charge in [-0.25, -0.2) is 8.42 Å². The van der Waals surface area contributed by atoms with E-state index in [2.05, 4.69) is 0 Å². The van der Waals surface area contributed by atoms with Gasteiger partial charge in [0.2, 0.25) is 0 Å². The van der Waals surface area contributed by atoms with Crippen LogP contribution in [0.25, 0.3) is 0 Å². The molecule has 1 aromatic rings. The highest BCUT2D eigenvalue weighted by Gasteiger charge is 2.24. The maximum Gasteiger partial charge on any atom is 0.263 e. The molecular weight excluding hydrogens is 280 g/mol. The fourth-order valence-corrected chi connectivity index (χ4v) is 2.72. The van der Waals surface area contributed by atoms with Crippen molar-refractivity contribution in [1.29, 1.82) is 0 Å². The van der Waals surface area contributed by atoms with E-state index in [-0.39, 0.29) is 21.4 Å². The minimum absolute atomic E-state index is 0.0586. The van der Waals surface area contributed by atoms with E-state index in [1.165, 1.54) is 17.0 Å². The quantitative estimate of drug-likeness (QED) is 0.808. The molecule has 1 aromatic carbocycles. The molecule has 18 heavy (non-hydrogen) atoms. The number of amides is 1. The van der Waals surface area contributed by atoms with Gasteiger partial charge < -0.3 is 10.1 Å². The van der Waals surface area contributed by atoms with Crippen LogP contribution in [0.15, 0.2) is 23.1 Å². The van der Waals surface area contributed by atoms with Gasteiger partial charge in [0.1, 0.15) is 4.90 Å². The number of carbonyl (C=O) groups excluding carboxylic acids is 1. The van der Waals surface area contributed by atoms with E-state index in [9.17, 15) is 13.2 Å². The fourth-order valence-electron chi connectivity index (χ4n) is 1.59. The summed E-state index contributed by atoms with van der Waals surface area (Å²) >= 11 is 5.74. The van der Waals surface area contributed by atoms with Gasteiger partial charge in [-0.05, 0) is 24.6 Å². The molecule has 0 atom stereocenters. The zero-order valence-corrected chi connectivity index (χ0v) is 10.8. The Kier molecular flexibility index (Phi) is 3.58. The maximum absolute atomic E-state index is 11.9. The number of carbonyl (C=O) groups is 1. The Labute approximate surface area is 109 Å². The first-order valence-corrected chi connectivity index (χ1v) is 7.06. The van der Waals surface area contributed by atoms with Crippen molar-refractivity contribution in [3.8, 4) is 0 Å². The first-order valence-electron chi connectivity index (χ1n) is 5.20. The molecule has 1 saturated heterocycles. The molecule has 8 heteroatoms. The normalized spacial score (nSPS) is 15.3. The van der Waals surface area contributed by atoms with Crippen LogP contribution < -0.4 is 4.89 Å².